The van der Waals surface area contributed by atoms with E-state index >= 15 is 0 Å². The lowest BCUT2D eigenvalue weighted by Gasteiger charge is -2.28. The van der Waals surface area contributed by atoms with E-state index in [0.29, 0.717) is 41.1 Å². The van der Waals surface area contributed by atoms with Crippen molar-refractivity contribution >= 4 is 17.7 Å². The maximum atomic E-state index is 13.4. The van der Waals surface area contributed by atoms with Crippen LogP contribution in [0.15, 0.2) is 84.2 Å². The summed E-state index contributed by atoms with van der Waals surface area (Å²) in [5.41, 5.74) is 2.89. The number of methoxy groups -OCH3 is 1. The van der Waals surface area contributed by atoms with Gasteiger partial charge in [-0.05, 0) is 52.7 Å². The molecule has 1 amide bonds. The van der Waals surface area contributed by atoms with E-state index in [-0.39, 0.29) is 5.91 Å². The lowest BCUT2D eigenvalue weighted by molar-refractivity contribution is -0.113. The molecule has 0 aliphatic carbocycles. The number of anilines is 2. The highest BCUT2D eigenvalue weighted by Crippen LogP contribution is 2.38. The van der Waals surface area contributed by atoms with Gasteiger partial charge in [-0.15, -0.1) is 0 Å². The van der Waals surface area contributed by atoms with Crippen molar-refractivity contribution in [3.63, 3.8) is 0 Å². The molecule has 2 aromatic heterocycles. The minimum atomic E-state index is -0.595. The summed E-state index contributed by atoms with van der Waals surface area (Å²) in [6, 6.07) is 20.1. The number of fused-ring (bicyclic) bond motifs is 1. The number of rotatable bonds is 7. The summed E-state index contributed by atoms with van der Waals surface area (Å²) in [5, 5.41) is 17.9. The Bertz CT molecular complexity index is 1370. The van der Waals surface area contributed by atoms with Gasteiger partial charge in [-0.1, -0.05) is 47.6 Å². The third kappa shape index (κ3) is 4.54. The van der Waals surface area contributed by atoms with Crippen molar-refractivity contribution < 1.29 is 14.3 Å². The van der Waals surface area contributed by atoms with Gasteiger partial charge in [0.2, 0.25) is 5.95 Å². The topological polar surface area (TPSA) is 116 Å². The van der Waals surface area contributed by atoms with Crippen LogP contribution >= 0.6 is 0 Å². The molecule has 0 unspecified atom stereocenters. The van der Waals surface area contributed by atoms with Crippen molar-refractivity contribution in [3.8, 4) is 11.5 Å². The van der Waals surface area contributed by atoms with Crippen LogP contribution in [0.3, 0.4) is 0 Å². The van der Waals surface area contributed by atoms with Gasteiger partial charge < -0.3 is 20.1 Å². The number of allylic oxidation sites excluding steroid dienone is 1. The Balaban J connectivity index is 1.48. The van der Waals surface area contributed by atoms with Gasteiger partial charge in [0, 0.05) is 11.9 Å². The predicted molar refractivity (Wildman–Crippen MR) is 129 cm³/mol. The zero-order chi connectivity index (χ0) is 24.2. The third-order valence-electron chi connectivity index (χ3n) is 5.61. The standard InChI is InChI=1S/C25H23N7O3/c1-16-22(24(33)28-21-10-6-7-13-26-21)23(32-25(27-16)29-30-31-32)18-11-12-19(20(14-18)34-2)35-15-17-8-4-3-5-9-17/h3-14,23H,15H2,1-2H3,(H,26,28,33)(H,27,29,31)/t23-/m1/s1. The molecule has 1 aliphatic rings. The van der Waals surface area contributed by atoms with Gasteiger partial charge in [0.1, 0.15) is 18.5 Å². The van der Waals surface area contributed by atoms with Crippen molar-refractivity contribution in [3.05, 3.63) is 95.3 Å². The first kappa shape index (κ1) is 22.1. The normalized spacial score (nSPS) is 14.6. The van der Waals surface area contributed by atoms with E-state index in [2.05, 4.69) is 31.1 Å². The van der Waals surface area contributed by atoms with Crippen molar-refractivity contribution in [2.45, 2.75) is 19.6 Å². The predicted octanol–water partition coefficient (Wildman–Crippen LogP) is 3.58. The van der Waals surface area contributed by atoms with E-state index in [4.69, 9.17) is 9.47 Å². The SMILES string of the molecule is COc1cc([C@@H]2C(C(=O)Nc3ccccn3)=C(C)Nc3nnnn32)ccc1OCc1ccccc1. The number of carbonyl (C=O) groups is 1. The van der Waals surface area contributed by atoms with E-state index in [1.54, 1.807) is 36.2 Å². The van der Waals surface area contributed by atoms with Crippen LogP contribution < -0.4 is 20.1 Å². The van der Waals surface area contributed by atoms with Crippen LogP contribution in [0.1, 0.15) is 24.1 Å². The zero-order valence-corrected chi connectivity index (χ0v) is 19.2. The molecular formula is C25H23N7O3. The molecule has 4 aromatic rings. The summed E-state index contributed by atoms with van der Waals surface area (Å²) in [7, 11) is 1.58. The van der Waals surface area contributed by atoms with Crippen molar-refractivity contribution in [1.29, 1.82) is 0 Å². The van der Waals surface area contributed by atoms with Crippen LogP contribution in [0.25, 0.3) is 0 Å². The molecule has 0 radical (unpaired) electrons. The van der Waals surface area contributed by atoms with Crippen LogP contribution in [-0.2, 0) is 11.4 Å². The maximum absolute atomic E-state index is 13.4. The van der Waals surface area contributed by atoms with Crippen molar-refractivity contribution in [2.24, 2.45) is 0 Å². The molecule has 0 saturated heterocycles. The number of pyridine rings is 1. The average Bonchev–Trinajstić information content (AvgIpc) is 3.35. The van der Waals surface area contributed by atoms with E-state index in [1.165, 1.54) is 0 Å². The number of nitrogens with one attached hydrogen (secondary N) is 2. The van der Waals surface area contributed by atoms with Crippen LogP contribution in [-0.4, -0.2) is 38.2 Å². The fraction of sp³-hybridized carbons (Fsp3) is 0.160. The van der Waals surface area contributed by atoms with Crippen molar-refractivity contribution in [1.82, 2.24) is 25.2 Å². The van der Waals surface area contributed by atoms with Gasteiger partial charge in [0.15, 0.2) is 11.5 Å². The molecule has 10 nitrogen and oxygen atoms in total. The highest BCUT2D eigenvalue weighted by Gasteiger charge is 2.34. The molecule has 0 bridgehead atoms. The lowest BCUT2D eigenvalue weighted by Crippen LogP contribution is -2.31. The van der Waals surface area contributed by atoms with Crippen LogP contribution in [0.2, 0.25) is 0 Å². The Morgan fingerprint density at radius 2 is 1.91 bits per heavy atom. The van der Waals surface area contributed by atoms with Gasteiger partial charge in [0.05, 0.1) is 12.7 Å². The Morgan fingerprint density at radius 3 is 2.69 bits per heavy atom. The molecule has 2 N–H and O–H groups in total. The molecule has 35 heavy (non-hydrogen) atoms. The number of hydrogen-bond acceptors (Lipinski definition) is 8. The fourth-order valence-corrected chi connectivity index (χ4v) is 3.94. The molecule has 10 heteroatoms. The molecule has 0 fully saturated rings. The van der Waals surface area contributed by atoms with E-state index in [1.807, 2.05) is 55.5 Å². The molecule has 0 spiro atoms. The number of ether oxygens (including phenoxy) is 2. The smallest absolute Gasteiger partial charge is 0.257 e. The Morgan fingerprint density at radius 1 is 1.09 bits per heavy atom. The molecule has 2 aromatic carbocycles. The third-order valence-corrected chi connectivity index (χ3v) is 5.61. The maximum Gasteiger partial charge on any atom is 0.257 e. The molecular weight excluding hydrogens is 446 g/mol. The molecule has 1 atom stereocenters. The first-order valence-corrected chi connectivity index (χ1v) is 11.0. The molecule has 5 rings (SSSR count). The molecule has 176 valence electrons. The highest BCUT2D eigenvalue weighted by atomic mass is 16.5. The second-order valence-corrected chi connectivity index (χ2v) is 7.87. The first-order valence-electron chi connectivity index (χ1n) is 11.0. The Labute approximate surface area is 201 Å². The van der Waals surface area contributed by atoms with Crippen LogP contribution in [0.5, 0.6) is 11.5 Å². The van der Waals surface area contributed by atoms with Gasteiger partial charge in [-0.2, -0.15) is 4.68 Å². The van der Waals surface area contributed by atoms with Gasteiger partial charge in [-0.3, -0.25) is 4.79 Å². The number of amides is 1. The summed E-state index contributed by atoms with van der Waals surface area (Å²) in [6.07, 6.45) is 1.62. The summed E-state index contributed by atoms with van der Waals surface area (Å²) in [5.74, 6) is 1.69. The van der Waals surface area contributed by atoms with Crippen LogP contribution in [0, 0.1) is 0 Å². The van der Waals surface area contributed by atoms with E-state index in [9.17, 15) is 4.79 Å². The average molecular weight is 470 g/mol. The monoisotopic (exact) mass is 469 g/mol. The summed E-state index contributed by atoms with van der Waals surface area (Å²) < 4.78 is 13.2. The number of nitrogens with zero attached hydrogens (tertiary/aromatic N) is 5. The number of hydrogen-bond donors (Lipinski definition) is 2. The zero-order valence-electron chi connectivity index (χ0n) is 19.2. The second kappa shape index (κ2) is 9.64. The molecule has 3 heterocycles. The lowest BCUT2D eigenvalue weighted by atomic mass is 9.94. The fourth-order valence-electron chi connectivity index (χ4n) is 3.94. The quantitative estimate of drug-likeness (QED) is 0.422. The van der Waals surface area contributed by atoms with E-state index < -0.39 is 6.04 Å². The summed E-state index contributed by atoms with van der Waals surface area (Å²) in [4.78, 5) is 17.6. The number of carbonyl (C=O) groups excluding carboxylic acids is 1. The van der Waals surface area contributed by atoms with E-state index in [0.717, 1.165) is 11.1 Å². The number of benzene rings is 2. The number of tetrazole rings is 1. The minimum absolute atomic E-state index is 0.316. The largest absolute Gasteiger partial charge is 0.493 e. The van der Waals surface area contributed by atoms with Gasteiger partial charge in [-0.25, -0.2) is 4.98 Å². The van der Waals surface area contributed by atoms with Gasteiger partial charge >= 0.3 is 0 Å². The molecule has 1 aliphatic heterocycles. The van der Waals surface area contributed by atoms with Gasteiger partial charge in [0.25, 0.3) is 5.91 Å². The minimum Gasteiger partial charge on any atom is -0.493 e. The first-order chi connectivity index (χ1) is 17.1. The van der Waals surface area contributed by atoms with Crippen LogP contribution in [0.4, 0.5) is 11.8 Å². The Hall–Kier alpha value is -4.73. The number of aromatic nitrogens is 5. The highest BCUT2D eigenvalue weighted by molar-refractivity contribution is 6.05. The van der Waals surface area contributed by atoms with Crippen molar-refractivity contribution in [2.75, 3.05) is 17.7 Å². The Kier molecular flexibility index (Phi) is 6.08. The summed E-state index contributed by atoms with van der Waals surface area (Å²) >= 11 is 0. The molecule has 0 saturated carbocycles. The second-order valence-electron chi connectivity index (χ2n) is 7.87. The summed E-state index contributed by atoms with van der Waals surface area (Å²) in [6.45, 7) is 2.21.